The van der Waals surface area contributed by atoms with E-state index in [2.05, 4.69) is 26.3 Å². The number of aromatic nitrogens is 3. The van der Waals surface area contributed by atoms with E-state index < -0.39 is 0 Å². The van der Waals surface area contributed by atoms with Crippen molar-refractivity contribution in [2.45, 2.75) is 0 Å². The first kappa shape index (κ1) is 13.6. The Bertz CT molecular complexity index is 606. The van der Waals surface area contributed by atoms with Crippen molar-refractivity contribution < 1.29 is 9.47 Å². The maximum Gasteiger partial charge on any atom is 0.141 e. The second kappa shape index (κ2) is 6.36. The van der Waals surface area contributed by atoms with Gasteiger partial charge in [0.15, 0.2) is 0 Å². The highest BCUT2D eigenvalue weighted by molar-refractivity contribution is 5.84. The number of methoxy groups -OCH3 is 1. The summed E-state index contributed by atoms with van der Waals surface area (Å²) >= 11 is 0. The molecule has 0 radical (unpaired) electrons. The first-order valence-corrected chi connectivity index (χ1v) is 6.76. The van der Waals surface area contributed by atoms with Crippen LogP contribution in [0.4, 0.5) is 5.69 Å². The van der Waals surface area contributed by atoms with Crippen molar-refractivity contribution in [2.75, 3.05) is 38.3 Å². The van der Waals surface area contributed by atoms with Gasteiger partial charge in [0.05, 0.1) is 26.5 Å². The number of ether oxygens (including phenoxy) is 2. The molecular weight excluding hydrogens is 270 g/mol. The molecule has 0 unspecified atom stereocenters. The Labute approximate surface area is 122 Å². The Morgan fingerprint density at radius 3 is 2.71 bits per heavy atom. The Morgan fingerprint density at radius 2 is 2.00 bits per heavy atom. The van der Waals surface area contributed by atoms with Crippen LogP contribution in [0.3, 0.4) is 0 Å². The highest BCUT2D eigenvalue weighted by atomic mass is 16.5. The van der Waals surface area contributed by atoms with Gasteiger partial charge in [-0.1, -0.05) is 0 Å². The van der Waals surface area contributed by atoms with Crippen molar-refractivity contribution in [2.24, 2.45) is 5.10 Å². The topological polar surface area (TPSA) is 64.8 Å². The average Bonchev–Trinajstić information content (AvgIpc) is 3.07. The third kappa shape index (κ3) is 3.19. The molecule has 3 rings (SSSR count). The largest absolute Gasteiger partial charge is 0.496 e. The van der Waals surface area contributed by atoms with Crippen molar-refractivity contribution >= 4 is 11.9 Å². The lowest BCUT2D eigenvalue weighted by Crippen LogP contribution is -2.36. The molecule has 0 bridgehead atoms. The Balaban J connectivity index is 1.81. The number of rotatable bonds is 4. The van der Waals surface area contributed by atoms with Crippen LogP contribution in [0.2, 0.25) is 0 Å². The van der Waals surface area contributed by atoms with Crippen LogP contribution >= 0.6 is 0 Å². The van der Waals surface area contributed by atoms with Crippen LogP contribution in [0.5, 0.6) is 5.75 Å². The third-order valence-electron chi connectivity index (χ3n) is 3.33. The predicted octanol–water partition coefficient (Wildman–Crippen LogP) is 1.01. The van der Waals surface area contributed by atoms with E-state index in [-0.39, 0.29) is 0 Å². The standard InChI is InChI=1S/C14H17N5O2/c1-20-14-8-13(18-4-6-21-7-5-18)3-2-12(14)9-17-19-10-15-16-11-19/h2-3,8-11H,4-7H2,1H3/b17-9-. The summed E-state index contributed by atoms with van der Waals surface area (Å²) in [5.41, 5.74) is 2.04. The van der Waals surface area contributed by atoms with E-state index in [4.69, 9.17) is 9.47 Å². The maximum absolute atomic E-state index is 5.46. The van der Waals surface area contributed by atoms with E-state index >= 15 is 0 Å². The highest BCUT2D eigenvalue weighted by Crippen LogP contribution is 2.25. The summed E-state index contributed by atoms with van der Waals surface area (Å²) in [6.45, 7) is 3.33. The minimum absolute atomic E-state index is 0.763. The molecular formula is C14H17N5O2. The number of anilines is 1. The van der Waals surface area contributed by atoms with E-state index in [1.165, 1.54) is 17.3 Å². The molecule has 1 aliphatic rings. The number of benzene rings is 1. The fourth-order valence-electron chi connectivity index (χ4n) is 2.21. The van der Waals surface area contributed by atoms with Crippen molar-refractivity contribution in [3.05, 3.63) is 36.4 Å². The molecule has 0 N–H and O–H groups in total. The SMILES string of the molecule is COc1cc(N2CCOCC2)ccc1/C=N\n1cnnc1. The molecule has 7 nitrogen and oxygen atoms in total. The number of hydrogen-bond acceptors (Lipinski definition) is 6. The smallest absolute Gasteiger partial charge is 0.141 e. The summed E-state index contributed by atoms with van der Waals surface area (Å²) in [5, 5.41) is 11.6. The molecule has 0 spiro atoms. The number of morpholine rings is 1. The minimum Gasteiger partial charge on any atom is -0.496 e. The fraction of sp³-hybridized carbons (Fsp3) is 0.357. The summed E-state index contributed by atoms with van der Waals surface area (Å²) in [5.74, 6) is 0.788. The molecule has 0 amide bonds. The first-order valence-electron chi connectivity index (χ1n) is 6.76. The van der Waals surface area contributed by atoms with E-state index in [1.807, 2.05) is 12.1 Å². The van der Waals surface area contributed by atoms with Crippen LogP contribution in [-0.4, -0.2) is 54.5 Å². The Kier molecular flexibility index (Phi) is 4.11. The van der Waals surface area contributed by atoms with Gasteiger partial charge in [-0.05, 0) is 12.1 Å². The molecule has 21 heavy (non-hydrogen) atoms. The van der Waals surface area contributed by atoms with Crippen LogP contribution in [-0.2, 0) is 4.74 Å². The van der Waals surface area contributed by atoms with E-state index in [1.54, 1.807) is 13.3 Å². The monoisotopic (exact) mass is 287 g/mol. The molecule has 110 valence electrons. The summed E-state index contributed by atoms with van der Waals surface area (Å²) in [6, 6.07) is 6.09. The van der Waals surface area contributed by atoms with E-state index in [9.17, 15) is 0 Å². The lowest BCUT2D eigenvalue weighted by Gasteiger charge is -2.29. The zero-order valence-electron chi connectivity index (χ0n) is 11.8. The van der Waals surface area contributed by atoms with Gasteiger partial charge in [0.2, 0.25) is 0 Å². The molecule has 0 saturated carbocycles. The van der Waals surface area contributed by atoms with Gasteiger partial charge < -0.3 is 14.4 Å². The van der Waals surface area contributed by atoms with Crippen LogP contribution in [0.25, 0.3) is 0 Å². The normalized spacial score (nSPS) is 15.6. The van der Waals surface area contributed by atoms with Gasteiger partial charge in [-0.2, -0.15) is 5.10 Å². The lowest BCUT2D eigenvalue weighted by atomic mass is 10.1. The summed E-state index contributed by atoms with van der Waals surface area (Å²) in [4.78, 5) is 2.28. The van der Waals surface area contributed by atoms with Gasteiger partial charge in [-0.3, -0.25) is 0 Å². The van der Waals surface area contributed by atoms with Crippen LogP contribution in [0.15, 0.2) is 36.0 Å². The molecule has 1 aromatic heterocycles. The zero-order valence-corrected chi connectivity index (χ0v) is 11.8. The van der Waals surface area contributed by atoms with E-state index in [0.29, 0.717) is 0 Å². The van der Waals surface area contributed by atoms with Gasteiger partial charge in [-0.15, -0.1) is 10.2 Å². The molecule has 7 heteroatoms. The van der Waals surface area contributed by atoms with Crippen LogP contribution < -0.4 is 9.64 Å². The molecule has 2 aromatic rings. The second-order valence-electron chi connectivity index (χ2n) is 4.61. The fourth-order valence-corrected chi connectivity index (χ4v) is 2.21. The zero-order chi connectivity index (χ0) is 14.5. The second-order valence-corrected chi connectivity index (χ2v) is 4.61. The first-order chi connectivity index (χ1) is 10.4. The predicted molar refractivity (Wildman–Crippen MR) is 79.0 cm³/mol. The molecule has 1 aliphatic heterocycles. The van der Waals surface area contributed by atoms with Crippen molar-refractivity contribution in [1.82, 2.24) is 14.9 Å². The highest BCUT2D eigenvalue weighted by Gasteiger charge is 2.13. The molecule has 0 aliphatic carbocycles. The van der Waals surface area contributed by atoms with Crippen LogP contribution in [0.1, 0.15) is 5.56 Å². The van der Waals surface area contributed by atoms with Crippen molar-refractivity contribution in [3.8, 4) is 5.75 Å². The van der Waals surface area contributed by atoms with Gasteiger partial charge >= 0.3 is 0 Å². The van der Waals surface area contributed by atoms with Crippen LogP contribution in [0, 0.1) is 0 Å². The van der Waals surface area contributed by atoms with E-state index in [0.717, 1.165) is 43.3 Å². The lowest BCUT2D eigenvalue weighted by molar-refractivity contribution is 0.122. The average molecular weight is 287 g/mol. The number of hydrogen-bond donors (Lipinski definition) is 0. The molecule has 2 heterocycles. The van der Waals surface area contributed by atoms with Gasteiger partial charge in [0.1, 0.15) is 18.4 Å². The van der Waals surface area contributed by atoms with Gasteiger partial charge in [0, 0.05) is 30.4 Å². The van der Waals surface area contributed by atoms with Gasteiger partial charge in [0.25, 0.3) is 0 Å². The maximum atomic E-state index is 5.46. The summed E-state index contributed by atoms with van der Waals surface area (Å²) < 4.78 is 12.4. The molecule has 0 atom stereocenters. The Morgan fingerprint density at radius 1 is 1.24 bits per heavy atom. The third-order valence-corrected chi connectivity index (χ3v) is 3.33. The van der Waals surface area contributed by atoms with Crippen molar-refractivity contribution in [3.63, 3.8) is 0 Å². The molecule has 1 fully saturated rings. The summed E-state index contributed by atoms with van der Waals surface area (Å²) in [6.07, 6.45) is 4.79. The molecule has 1 saturated heterocycles. The minimum atomic E-state index is 0.763. The van der Waals surface area contributed by atoms with Gasteiger partial charge in [-0.25, -0.2) is 4.68 Å². The quantitative estimate of drug-likeness (QED) is 0.785. The summed E-state index contributed by atoms with van der Waals surface area (Å²) in [7, 11) is 1.66. The van der Waals surface area contributed by atoms with Crippen molar-refractivity contribution in [1.29, 1.82) is 0 Å². The molecule has 1 aromatic carbocycles. The Hall–Kier alpha value is -2.41. The number of nitrogens with zero attached hydrogens (tertiary/aromatic N) is 5.